The van der Waals surface area contributed by atoms with Crippen LogP contribution in [0.15, 0.2) is 66.4 Å². The van der Waals surface area contributed by atoms with Gasteiger partial charge in [0.25, 0.3) is 11.8 Å². The molecule has 0 atom stereocenters. The Morgan fingerprint density at radius 2 is 1.73 bits per heavy atom. The lowest BCUT2D eigenvalue weighted by Gasteiger charge is -2.30. The van der Waals surface area contributed by atoms with Gasteiger partial charge in [-0.15, -0.1) is 0 Å². The fourth-order valence-electron chi connectivity index (χ4n) is 3.31. The highest BCUT2D eigenvalue weighted by atomic mass is 35.5. The predicted octanol–water partition coefficient (Wildman–Crippen LogP) is 4.58. The molecule has 1 saturated heterocycles. The zero-order valence-electron chi connectivity index (χ0n) is 16.3. The third kappa shape index (κ3) is 3.56. The third-order valence-corrected chi connectivity index (χ3v) is 5.66. The number of carbonyl (C=O) groups is 2. The minimum absolute atomic E-state index is 0.00460. The Morgan fingerprint density at radius 3 is 2.47 bits per heavy atom. The van der Waals surface area contributed by atoms with Crippen LogP contribution < -0.4 is 10.2 Å². The Balaban J connectivity index is 1.77. The molecule has 1 aliphatic heterocycles. The number of rotatable bonds is 3. The van der Waals surface area contributed by atoms with Gasteiger partial charge >= 0.3 is 0 Å². The van der Waals surface area contributed by atoms with E-state index < -0.39 is 11.8 Å². The van der Waals surface area contributed by atoms with E-state index in [0.717, 1.165) is 11.3 Å². The van der Waals surface area contributed by atoms with Crippen LogP contribution in [0, 0.1) is 13.8 Å². The average Bonchev–Trinajstić information content (AvgIpc) is 3.17. The molecule has 5 nitrogen and oxygen atoms in total. The summed E-state index contributed by atoms with van der Waals surface area (Å²) in [4.78, 5) is 27.2. The first kappa shape index (κ1) is 20.1. The summed E-state index contributed by atoms with van der Waals surface area (Å²) >= 11 is 11.5. The highest BCUT2D eigenvalue weighted by Gasteiger charge is 2.35. The number of amides is 2. The van der Waals surface area contributed by atoms with Crippen molar-refractivity contribution in [2.45, 2.75) is 13.8 Å². The molecule has 0 unspecified atom stereocenters. The second-order valence-corrected chi connectivity index (χ2v) is 7.77. The summed E-state index contributed by atoms with van der Waals surface area (Å²) in [5.41, 5.74) is 4.02. The highest BCUT2D eigenvalue weighted by molar-refractivity contribution is 7.80. The van der Waals surface area contributed by atoms with Gasteiger partial charge in [0.15, 0.2) is 5.11 Å². The molecule has 1 aliphatic rings. The molecule has 1 N–H and O–H groups in total. The Bertz CT molecular complexity index is 1210. The van der Waals surface area contributed by atoms with Crippen molar-refractivity contribution >= 4 is 52.5 Å². The van der Waals surface area contributed by atoms with Gasteiger partial charge in [-0.2, -0.15) is 0 Å². The number of hydrogen-bond donors (Lipinski definition) is 1. The van der Waals surface area contributed by atoms with E-state index in [0.29, 0.717) is 22.0 Å². The number of nitrogens with one attached hydrogen (secondary N) is 1. The molecule has 1 fully saturated rings. The summed E-state index contributed by atoms with van der Waals surface area (Å²) in [7, 11) is 0. The van der Waals surface area contributed by atoms with Gasteiger partial charge in [-0.3, -0.25) is 19.8 Å². The van der Waals surface area contributed by atoms with E-state index >= 15 is 0 Å². The molecular formula is C23H18ClN3O2S. The van der Waals surface area contributed by atoms with Crippen molar-refractivity contribution < 1.29 is 9.59 Å². The number of thiocarbonyl (C=S) groups is 1. The zero-order chi connectivity index (χ0) is 21.4. The van der Waals surface area contributed by atoms with Gasteiger partial charge in [0.05, 0.1) is 5.69 Å². The first-order chi connectivity index (χ1) is 14.4. The molecular weight excluding hydrogens is 418 g/mol. The molecule has 7 heteroatoms. The van der Waals surface area contributed by atoms with Crippen LogP contribution in [-0.4, -0.2) is 21.5 Å². The fraction of sp³-hybridized carbons (Fsp3) is 0.0870. The first-order valence-electron chi connectivity index (χ1n) is 9.28. The van der Waals surface area contributed by atoms with E-state index in [9.17, 15) is 9.59 Å². The number of halogens is 1. The van der Waals surface area contributed by atoms with Gasteiger partial charge in [-0.1, -0.05) is 35.4 Å². The van der Waals surface area contributed by atoms with Crippen LogP contribution in [0.25, 0.3) is 11.8 Å². The van der Waals surface area contributed by atoms with Gasteiger partial charge in [0.2, 0.25) is 0 Å². The van der Waals surface area contributed by atoms with Crippen molar-refractivity contribution in [1.29, 1.82) is 0 Å². The van der Waals surface area contributed by atoms with Crippen LogP contribution >= 0.6 is 23.8 Å². The zero-order valence-corrected chi connectivity index (χ0v) is 17.9. The molecule has 0 radical (unpaired) electrons. The first-order valence-corrected chi connectivity index (χ1v) is 10.1. The van der Waals surface area contributed by atoms with Crippen LogP contribution in [-0.2, 0) is 9.59 Å². The van der Waals surface area contributed by atoms with E-state index in [1.54, 1.807) is 31.2 Å². The molecule has 2 aromatic carbocycles. The van der Waals surface area contributed by atoms with E-state index in [2.05, 4.69) is 5.32 Å². The Labute approximate surface area is 184 Å². The van der Waals surface area contributed by atoms with Gasteiger partial charge in [-0.05, 0) is 74.1 Å². The molecule has 30 heavy (non-hydrogen) atoms. The quantitative estimate of drug-likeness (QED) is 0.372. The highest BCUT2D eigenvalue weighted by Crippen LogP contribution is 2.29. The van der Waals surface area contributed by atoms with Crippen molar-refractivity contribution in [3.63, 3.8) is 0 Å². The lowest BCUT2D eigenvalue weighted by molar-refractivity contribution is -0.122. The number of anilines is 1. The summed E-state index contributed by atoms with van der Waals surface area (Å²) in [5, 5.41) is 3.15. The lowest BCUT2D eigenvalue weighted by atomic mass is 10.1. The summed E-state index contributed by atoms with van der Waals surface area (Å²) in [6.45, 7) is 3.82. The maximum absolute atomic E-state index is 13.3. The second kappa shape index (κ2) is 7.89. The van der Waals surface area contributed by atoms with Crippen molar-refractivity contribution in [3.8, 4) is 5.69 Å². The smallest absolute Gasteiger partial charge is 0.270 e. The molecule has 2 heterocycles. The number of nitrogens with zero attached hydrogens (tertiary/aromatic N) is 2. The number of hydrogen-bond acceptors (Lipinski definition) is 3. The minimum Gasteiger partial charge on any atom is -0.317 e. The third-order valence-electron chi connectivity index (χ3n) is 4.97. The largest absolute Gasteiger partial charge is 0.317 e. The van der Waals surface area contributed by atoms with Gasteiger partial charge in [0.1, 0.15) is 5.57 Å². The van der Waals surface area contributed by atoms with Crippen LogP contribution in [0.3, 0.4) is 0 Å². The van der Waals surface area contributed by atoms with Gasteiger partial charge in [0, 0.05) is 22.6 Å². The standard InChI is InChI=1S/C23H18ClN3O2S/c1-14-8-10-16(11-9-14)26-12-4-5-17(26)13-18-21(28)25-23(30)27(22(18)29)20-7-3-6-19(24)15(20)2/h3-13H,1-2H3,(H,25,28,30)/b18-13+. The maximum Gasteiger partial charge on any atom is 0.270 e. The molecule has 2 amide bonds. The van der Waals surface area contributed by atoms with Gasteiger partial charge in [-0.25, -0.2) is 0 Å². The van der Waals surface area contributed by atoms with Crippen molar-refractivity contribution in [2.75, 3.05) is 4.90 Å². The van der Waals surface area contributed by atoms with E-state index in [1.807, 2.05) is 54.1 Å². The molecule has 150 valence electrons. The molecule has 0 spiro atoms. The molecule has 0 saturated carbocycles. The predicted molar refractivity (Wildman–Crippen MR) is 123 cm³/mol. The Morgan fingerprint density at radius 1 is 1.00 bits per heavy atom. The number of aryl methyl sites for hydroxylation is 1. The molecule has 0 aliphatic carbocycles. The summed E-state index contributed by atoms with van der Waals surface area (Å²) in [6, 6.07) is 16.9. The van der Waals surface area contributed by atoms with Crippen LogP contribution in [0.5, 0.6) is 0 Å². The molecule has 4 rings (SSSR count). The summed E-state index contributed by atoms with van der Waals surface area (Å²) in [6.07, 6.45) is 3.46. The summed E-state index contributed by atoms with van der Waals surface area (Å²) in [5.74, 6) is -1.02. The lowest BCUT2D eigenvalue weighted by Crippen LogP contribution is -2.54. The normalized spacial score (nSPS) is 15.6. The topological polar surface area (TPSA) is 54.3 Å². The van der Waals surface area contributed by atoms with Crippen molar-refractivity contribution in [3.05, 3.63) is 88.2 Å². The fourth-order valence-corrected chi connectivity index (χ4v) is 3.76. The number of carbonyl (C=O) groups excluding carboxylic acids is 2. The summed E-state index contributed by atoms with van der Waals surface area (Å²) < 4.78 is 1.91. The average molecular weight is 436 g/mol. The molecule has 0 bridgehead atoms. The number of aromatic nitrogens is 1. The minimum atomic E-state index is -0.530. The van der Waals surface area contributed by atoms with Crippen LogP contribution in [0.2, 0.25) is 5.02 Å². The van der Waals surface area contributed by atoms with E-state index in [4.69, 9.17) is 23.8 Å². The maximum atomic E-state index is 13.3. The molecule has 1 aromatic heterocycles. The second-order valence-electron chi connectivity index (χ2n) is 6.98. The van der Waals surface area contributed by atoms with Gasteiger partial charge < -0.3 is 4.57 Å². The van der Waals surface area contributed by atoms with E-state index in [1.165, 1.54) is 4.90 Å². The van der Waals surface area contributed by atoms with Crippen LogP contribution in [0.4, 0.5) is 5.69 Å². The Hall–Kier alpha value is -3.22. The van der Waals surface area contributed by atoms with Crippen molar-refractivity contribution in [1.82, 2.24) is 9.88 Å². The SMILES string of the molecule is Cc1ccc(-n2cccc2/C=C2\C(=O)NC(=S)N(c3cccc(Cl)c3C)C2=O)cc1. The van der Waals surface area contributed by atoms with Crippen LogP contribution in [0.1, 0.15) is 16.8 Å². The monoisotopic (exact) mass is 435 g/mol. The van der Waals surface area contributed by atoms with E-state index in [-0.39, 0.29) is 10.7 Å². The van der Waals surface area contributed by atoms with Crippen molar-refractivity contribution in [2.24, 2.45) is 0 Å². The number of benzene rings is 2. The Kier molecular flexibility index (Phi) is 5.28. The molecule has 3 aromatic rings.